The Morgan fingerprint density at radius 1 is 0.710 bits per heavy atom. The molecule has 0 bridgehead atoms. The van der Waals surface area contributed by atoms with E-state index in [0.29, 0.717) is 5.92 Å². The summed E-state index contributed by atoms with van der Waals surface area (Å²) < 4.78 is 0. The van der Waals surface area contributed by atoms with Crippen molar-refractivity contribution in [3.05, 3.63) is 119 Å². The van der Waals surface area contributed by atoms with E-state index in [1.54, 1.807) is 16.7 Å². The van der Waals surface area contributed by atoms with Crippen molar-refractivity contribution in [3.8, 4) is 0 Å². The molecule has 4 rings (SSSR count). The third-order valence-electron chi connectivity index (χ3n) is 7.77. The van der Waals surface area contributed by atoms with E-state index in [0.717, 1.165) is 25.7 Å². The highest BCUT2D eigenvalue weighted by Crippen LogP contribution is 2.64. The lowest BCUT2D eigenvalue weighted by Gasteiger charge is -2.53. The molecule has 31 heavy (non-hydrogen) atoms. The van der Waals surface area contributed by atoms with Gasteiger partial charge in [-0.25, -0.2) is 0 Å². The van der Waals surface area contributed by atoms with E-state index in [4.69, 9.17) is 0 Å². The van der Waals surface area contributed by atoms with Crippen LogP contribution in [0.5, 0.6) is 0 Å². The summed E-state index contributed by atoms with van der Waals surface area (Å²) >= 11 is 0. The Morgan fingerprint density at radius 2 is 1.26 bits per heavy atom. The first kappa shape index (κ1) is 21.6. The molecule has 2 aliphatic rings. The molecule has 0 radical (unpaired) electrons. The molecule has 0 heteroatoms. The topological polar surface area (TPSA) is 0 Å². The zero-order valence-electron chi connectivity index (χ0n) is 19.6. The van der Waals surface area contributed by atoms with Crippen LogP contribution in [0.2, 0.25) is 0 Å². The van der Waals surface area contributed by atoms with Crippen LogP contribution in [0.1, 0.15) is 64.5 Å². The predicted molar refractivity (Wildman–Crippen MR) is 134 cm³/mol. The van der Waals surface area contributed by atoms with Gasteiger partial charge in [0.1, 0.15) is 0 Å². The summed E-state index contributed by atoms with van der Waals surface area (Å²) in [5, 5.41) is 0. The van der Waals surface area contributed by atoms with Crippen LogP contribution in [-0.4, -0.2) is 0 Å². The molecule has 0 saturated carbocycles. The molecule has 0 heterocycles. The summed E-state index contributed by atoms with van der Waals surface area (Å²) in [4.78, 5) is 0. The number of rotatable bonds is 8. The Hall–Kier alpha value is -2.60. The molecule has 2 aromatic rings. The Kier molecular flexibility index (Phi) is 6.19. The van der Waals surface area contributed by atoms with Crippen LogP contribution in [0.15, 0.2) is 108 Å². The molecule has 2 aromatic carbocycles. The molecular weight excluding hydrogens is 372 g/mol. The fourth-order valence-corrected chi connectivity index (χ4v) is 6.65. The Morgan fingerprint density at radius 3 is 1.68 bits per heavy atom. The van der Waals surface area contributed by atoms with E-state index >= 15 is 0 Å². The first-order chi connectivity index (χ1) is 15.2. The SMILES string of the molecule is CCC1=CC(CC)(C(c2ccccc2)(c2ccccc2)C2C=CC=C2)C(CC)=C1CC. The highest BCUT2D eigenvalue weighted by atomic mass is 14.6. The fourth-order valence-electron chi connectivity index (χ4n) is 6.65. The van der Waals surface area contributed by atoms with Gasteiger partial charge in [0.2, 0.25) is 0 Å². The van der Waals surface area contributed by atoms with E-state index in [1.165, 1.54) is 11.1 Å². The summed E-state index contributed by atoms with van der Waals surface area (Å²) in [7, 11) is 0. The maximum absolute atomic E-state index is 2.69. The van der Waals surface area contributed by atoms with Gasteiger partial charge in [-0.05, 0) is 48.0 Å². The van der Waals surface area contributed by atoms with Crippen LogP contribution in [0.4, 0.5) is 0 Å². The highest BCUT2D eigenvalue weighted by Gasteiger charge is 2.58. The van der Waals surface area contributed by atoms with Gasteiger partial charge < -0.3 is 0 Å². The maximum atomic E-state index is 2.69. The zero-order valence-corrected chi connectivity index (χ0v) is 19.6. The molecule has 0 nitrogen and oxygen atoms in total. The second-order valence-corrected chi connectivity index (χ2v) is 8.85. The van der Waals surface area contributed by atoms with Gasteiger partial charge in [0.05, 0.1) is 0 Å². The van der Waals surface area contributed by atoms with Crippen molar-refractivity contribution in [2.45, 2.75) is 58.8 Å². The van der Waals surface area contributed by atoms with Crippen molar-refractivity contribution in [1.29, 1.82) is 0 Å². The van der Waals surface area contributed by atoms with Gasteiger partial charge in [-0.2, -0.15) is 0 Å². The van der Waals surface area contributed by atoms with E-state index < -0.39 is 0 Å². The van der Waals surface area contributed by atoms with Gasteiger partial charge in [-0.3, -0.25) is 0 Å². The highest BCUT2D eigenvalue weighted by molar-refractivity contribution is 5.59. The van der Waals surface area contributed by atoms with Crippen LogP contribution in [0.25, 0.3) is 0 Å². The monoisotopic (exact) mass is 408 g/mol. The third-order valence-corrected chi connectivity index (χ3v) is 7.77. The summed E-state index contributed by atoms with van der Waals surface area (Å²) in [5.74, 6) is 0.310. The van der Waals surface area contributed by atoms with Crippen molar-refractivity contribution >= 4 is 0 Å². The quantitative estimate of drug-likeness (QED) is 0.410. The van der Waals surface area contributed by atoms with Crippen molar-refractivity contribution < 1.29 is 0 Å². The van der Waals surface area contributed by atoms with Gasteiger partial charge in [0.25, 0.3) is 0 Å². The minimum atomic E-state index is -0.184. The van der Waals surface area contributed by atoms with Gasteiger partial charge in [0.15, 0.2) is 0 Å². The van der Waals surface area contributed by atoms with E-state index in [1.807, 2.05) is 0 Å². The minimum Gasteiger partial charge on any atom is -0.0763 e. The summed E-state index contributed by atoms with van der Waals surface area (Å²) in [5.41, 5.74) is 7.41. The molecule has 0 saturated heterocycles. The van der Waals surface area contributed by atoms with Crippen molar-refractivity contribution in [2.24, 2.45) is 11.3 Å². The van der Waals surface area contributed by atoms with Crippen LogP contribution < -0.4 is 0 Å². The van der Waals surface area contributed by atoms with Gasteiger partial charge in [-0.1, -0.05) is 124 Å². The summed E-state index contributed by atoms with van der Waals surface area (Å²) in [6.45, 7) is 9.43. The lowest BCUT2D eigenvalue weighted by molar-refractivity contribution is 0.218. The molecule has 2 aliphatic carbocycles. The molecule has 0 spiro atoms. The molecule has 0 aliphatic heterocycles. The van der Waals surface area contributed by atoms with E-state index in [2.05, 4.69) is 119 Å². The van der Waals surface area contributed by atoms with Crippen LogP contribution in [0.3, 0.4) is 0 Å². The van der Waals surface area contributed by atoms with Crippen LogP contribution >= 0.6 is 0 Å². The molecule has 0 aromatic heterocycles. The minimum absolute atomic E-state index is 0.0508. The van der Waals surface area contributed by atoms with Crippen molar-refractivity contribution in [2.75, 3.05) is 0 Å². The van der Waals surface area contributed by atoms with Crippen molar-refractivity contribution in [1.82, 2.24) is 0 Å². The lowest BCUT2D eigenvalue weighted by atomic mass is 9.48. The number of allylic oxidation sites excluding steroid dienone is 8. The Bertz CT molecular complexity index is 965. The number of hydrogen-bond acceptors (Lipinski definition) is 0. The van der Waals surface area contributed by atoms with Gasteiger partial charge >= 0.3 is 0 Å². The average molecular weight is 409 g/mol. The average Bonchev–Trinajstić information content (AvgIpc) is 3.48. The summed E-state index contributed by atoms with van der Waals surface area (Å²) in [6, 6.07) is 22.6. The lowest BCUT2D eigenvalue weighted by Crippen LogP contribution is -2.50. The van der Waals surface area contributed by atoms with Crippen LogP contribution in [0, 0.1) is 11.3 Å². The number of benzene rings is 2. The first-order valence-electron chi connectivity index (χ1n) is 12.1. The standard InChI is InChI=1S/C31H36/c1-5-24-23-30(8-4,29(7-3)28(24)6-2)31(27-21-15-16-22-27,25-17-11-9-12-18-25)26-19-13-10-14-20-26/h9-23,27H,5-8H2,1-4H3. The van der Waals surface area contributed by atoms with E-state index in [-0.39, 0.29) is 10.8 Å². The molecule has 0 N–H and O–H groups in total. The fraction of sp³-hybridized carbons (Fsp3) is 0.355. The largest absolute Gasteiger partial charge is 0.0763 e. The second-order valence-electron chi connectivity index (χ2n) is 8.85. The predicted octanol–water partition coefficient (Wildman–Crippen LogP) is 8.58. The van der Waals surface area contributed by atoms with Gasteiger partial charge in [0, 0.05) is 16.7 Å². The zero-order chi connectivity index (χ0) is 21.9. The molecule has 0 amide bonds. The van der Waals surface area contributed by atoms with E-state index in [9.17, 15) is 0 Å². The molecule has 1 atom stereocenters. The summed E-state index contributed by atoms with van der Waals surface area (Å²) in [6.07, 6.45) is 16.4. The Balaban J connectivity index is 2.17. The molecule has 1 unspecified atom stereocenters. The molecule has 0 fully saturated rings. The molecular formula is C31H36. The van der Waals surface area contributed by atoms with Crippen molar-refractivity contribution in [3.63, 3.8) is 0 Å². The molecule has 160 valence electrons. The normalized spacial score (nSPS) is 21.2. The smallest absolute Gasteiger partial charge is 0.0428 e. The third kappa shape index (κ3) is 3.11. The second kappa shape index (κ2) is 8.87. The first-order valence-corrected chi connectivity index (χ1v) is 12.1. The van der Waals surface area contributed by atoms with Crippen LogP contribution in [-0.2, 0) is 5.41 Å². The van der Waals surface area contributed by atoms with Gasteiger partial charge in [-0.15, -0.1) is 0 Å². The Labute approximate surface area is 189 Å². The number of hydrogen-bond donors (Lipinski definition) is 0. The maximum Gasteiger partial charge on any atom is 0.0428 e.